The standard InChI is InChI=1S/C25H30FN3O2/c26-23-14-20(21-15-27-29(17-21)25-5-1-2-13-31-25)10-11-22(23)19-8-6-18(7-9-19)16-28-12-3-4-24(28)30/h8,10-11,14-15,17-18,25H,1-7,9,12-13,16H2. The van der Waals surface area contributed by atoms with Gasteiger partial charge in [0.15, 0.2) is 0 Å². The Morgan fingerprint density at radius 3 is 2.77 bits per heavy atom. The molecule has 2 atom stereocenters. The number of nitrogens with zero attached hydrogens (tertiary/aromatic N) is 3. The SMILES string of the molecule is O=C1CCCN1CC1CC=C(c2ccc(-c3cnn(C4CCCCO4)c3)cc2F)CC1. The van der Waals surface area contributed by atoms with E-state index in [2.05, 4.69) is 11.2 Å². The molecule has 5 nitrogen and oxygen atoms in total. The number of aromatic nitrogens is 2. The Balaban J connectivity index is 1.25. The van der Waals surface area contributed by atoms with E-state index in [-0.39, 0.29) is 18.0 Å². The van der Waals surface area contributed by atoms with Crippen LogP contribution in [-0.4, -0.2) is 40.3 Å². The first-order valence-electron chi connectivity index (χ1n) is 11.6. The number of ether oxygens (including phenoxy) is 1. The monoisotopic (exact) mass is 423 g/mol. The van der Waals surface area contributed by atoms with Crippen LogP contribution in [0.2, 0.25) is 0 Å². The predicted octanol–water partition coefficient (Wildman–Crippen LogP) is 5.19. The van der Waals surface area contributed by atoms with Gasteiger partial charge in [-0.25, -0.2) is 9.07 Å². The average molecular weight is 424 g/mol. The molecule has 6 heteroatoms. The first kappa shape index (κ1) is 20.4. The van der Waals surface area contributed by atoms with E-state index < -0.39 is 0 Å². The minimum absolute atomic E-state index is 0.0113. The van der Waals surface area contributed by atoms with Crippen molar-refractivity contribution >= 4 is 11.5 Å². The maximum atomic E-state index is 15.0. The molecule has 2 aromatic rings. The van der Waals surface area contributed by atoms with Crippen LogP contribution in [0, 0.1) is 11.7 Å². The highest BCUT2D eigenvalue weighted by Crippen LogP contribution is 2.34. The van der Waals surface area contributed by atoms with Gasteiger partial charge in [-0.2, -0.15) is 5.10 Å². The Morgan fingerprint density at radius 1 is 1.13 bits per heavy atom. The molecule has 2 fully saturated rings. The molecule has 0 saturated carbocycles. The van der Waals surface area contributed by atoms with Gasteiger partial charge in [0, 0.05) is 43.4 Å². The molecular formula is C25H30FN3O2. The van der Waals surface area contributed by atoms with Gasteiger partial charge in [0.1, 0.15) is 12.0 Å². The molecule has 3 aliphatic rings. The second-order valence-electron chi connectivity index (χ2n) is 9.04. The van der Waals surface area contributed by atoms with Crippen LogP contribution in [0.4, 0.5) is 4.39 Å². The third-order valence-corrected chi connectivity index (χ3v) is 6.87. The summed E-state index contributed by atoms with van der Waals surface area (Å²) in [5, 5.41) is 4.44. The smallest absolute Gasteiger partial charge is 0.222 e. The molecule has 0 bridgehead atoms. The van der Waals surface area contributed by atoms with E-state index in [1.165, 1.54) is 0 Å². The Kier molecular flexibility index (Phi) is 5.90. The number of benzene rings is 1. The number of hydrogen-bond donors (Lipinski definition) is 0. The zero-order valence-electron chi connectivity index (χ0n) is 17.9. The molecule has 1 amide bonds. The molecule has 0 spiro atoms. The number of allylic oxidation sites excluding steroid dienone is 2. The lowest BCUT2D eigenvalue weighted by atomic mass is 9.85. The van der Waals surface area contributed by atoms with Crippen molar-refractivity contribution in [3.63, 3.8) is 0 Å². The zero-order valence-corrected chi connectivity index (χ0v) is 17.9. The largest absolute Gasteiger partial charge is 0.357 e. The van der Waals surface area contributed by atoms with Gasteiger partial charge in [-0.1, -0.05) is 18.2 Å². The van der Waals surface area contributed by atoms with E-state index in [1.807, 2.05) is 27.9 Å². The molecule has 0 radical (unpaired) electrons. The van der Waals surface area contributed by atoms with Crippen LogP contribution in [0.3, 0.4) is 0 Å². The first-order valence-corrected chi connectivity index (χ1v) is 11.6. The molecule has 1 aliphatic carbocycles. The number of carbonyl (C=O) groups is 1. The van der Waals surface area contributed by atoms with E-state index in [9.17, 15) is 4.79 Å². The molecule has 0 N–H and O–H groups in total. The van der Waals surface area contributed by atoms with Crippen LogP contribution in [0.5, 0.6) is 0 Å². The Hall–Kier alpha value is -2.47. The van der Waals surface area contributed by atoms with E-state index in [0.717, 1.165) is 81.3 Å². The van der Waals surface area contributed by atoms with E-state index in [4.69, 9.17) is 4.74 Å². The lowest BCUT2D eigenvalue weighted by molar-refractivity contribution is -0.128. The van der Waals surface area contributed by atoms with Crippen LogP contribution in [0.15, 0.2) is 36.7 Å². The lowest BCUT2D eigenvalue weighted by Crippen LogP contribution is -2.31. The summed E-state index contributed by atoms with van der Waals surface area (Å²) < 4.78 is 22.7. The molecular weight excluding hydrogens is 393 g/mol. The Bertz CT molecular complexity index is 977. The van der Waals surface area contributed by atoms with Gasteiger partial charge in [-0.3, -0.25) is 4.79 Å². The Morgan fingerprint density at radius 2 is 2.06 bits per heavy atom. The van der Waals surface area contributed by atoms with Crippen molar-refractivity contribution < 1.29 is 13.9 Å². The van der Waals surface area contributed by atoms with Crippen molar-refractivity contribution in [2.45, 2.75) is 57.6 Å². The van der Waals surface area contributed by atoms with Crippen LogP contribution in [0.1, 0.15) is 63.2 Å². The number of carbonyl (C=O) groups excluding carboxylic acids is 1. The lowest BCUT2D eigenvalue weighted by Gasteiger charge is -2.27. The molecule has 2 saturated heterocycles. The highest BCUT2D eigenvalue weighted by molar-refractivity contribution is 5.78. The van der Waals surface area contributed by atoms with Gasteiger partial charge < -0.3 is 9.64 Å². The molecule has 1 aromatic heterocycles. The number of rotatable bonds is 5. The maximum Gasteiger partial charge on any atom is 0.222 e. The number of halogens is 1. The molecule has 31 heavy (non-hydrogen) atoms. The summed E-state index contributed by atoms with van der Waals surface area (Å²) in [6.45, 7) is 2.51. The molecule has 1 aromatic carbocycles. The topological polar surface area (TPSA) is 47.4 Å². The minimum Gasteiger partial charge on any atom is -0.357 e. The van der Waals surface area contributed by atoms with Crippen molar-refractivity contribution in [1.82, 2.24) is 14.7 Å². The van der Waals surface area contributed by atoms with Gasteiger partial charge in [0.05, 0.1) is 6.20 Å². The molecule has 3 heterocycles. The average Bonchev–Trinajstić information content (AvgIpc) is 3.45. The number of amides is 1. The van der Waals surface area contributed by atoms with Gasteiger partial charge in [0.2, 0.25) is 5.91 Å². The third-order valence-electron chi connectivity index (χ3n) is 6.87. The fourth-order valence-corrected chi connectivity index (χ4v) is 5.04. The number of likely N-dealkylation sites (tertiary alicyclic amines) is 1. The summed E-state index contributed by atoms with van der Waals surface area (Å²) in [6.07, 6.45) is 13.6. The van der Waals surface area contributed by atoms with Gasteiger partial charge >= 0.3 is 0 Å². The molecule has 164 valence electrons. The second kappa shape index (κ2) is 8.95. The molecule has 5 rings (SSSR count). The quantitative estimate of drug-likeness (QED) is 0.665. The Labute approximate surface area is 182 Å². The summed E-state index contributed by atoms with van der Waals surface area (Å²) in [6, 6.07) is 5.50. The minimum atomic E-state index is -0.182. The predicted molar refractivity (Wildman–Crippen MR) is 118 cm³/mol. The molecule has 2 unspecified atom stereocenters. The summed E-state index contributed by atoms with van der Waals surface area (Å²) >= 11 is 0. The van der Waals surface area contributed by atoms with E-state index in [0.29, 0.717) is 17.9 Å². The second-order valence-corrected chi connectivity index (χ2v) is 9.04. The van der Waals surface area contributed by atoms with Gasteiger partial charge in [0.25, 0.3) is 0 Å². The van der Waals surface area contributed by atoms with Crippen LogP contribution < -0.4 is 0 Å². The van der Waals surface area contributed by atoms with Gasteiger partial charge in [-0.05, 0) is 68.1 Å². The summed E-state index contributed by atoms with van der Waals surface area (Å²) in [4.78, 5) is 13.9. The van der Waals surface area contributed by atoms with Crippen molar-refractivity contribution in [3.05, 3.63) is 48.0 Å². The first-order chi connectivity index (χ1) is 15.2. The van der Waals surface area contributed by atoms with Gasteiger partial charge in [-0.15, -0.1) is 0 Å². The van der Waals surface area contributed by atoms with E-state index in [1.54, 1.807) is 12.3 Å². The van der Waals surface area contributed by atoms with E-state index >= 15 is 4.39 Å². The summed E-state index contributed by atoms with van der Waals surface area (Å²) in [5.74, 6) is 0.592. The van der Waals surface area contributed by atoms with Crippen molar-refractivity contribution in [2.24, 2.45) is 5.92 Å². The van der Waals surface area contributed by atoms with Crippen LogP contribution in [-0.2, 0) is 9.53 Å². The summed E-state index contributed by atoms with van der Waals surface area (Å²) in [7, 11) is 0. The molecule has 2 aliphatic heterocycles. The zero-order chi connectivity index (χ0) is 21.2. The van der Waals surface area contributed by atoms with Crippen molar-refractivity contribution in [1.29, 1.82) is 0 Å². The third kappa shape index (κ3) is 4.45. The maximum absolute atomic E-state index is 15.0. The normalized spacial score (nSPS) is 24.5. The highest BCUT2D eigenvalue weighted by atomic mass is 19.1. The van der Waals surface area contributed by atoms with Crippen LogP contribution >= 0.6 is 0 Å². The fourth-order valence-electron chi connectivity index (χ4n) is 5.04. The van der Waals surface area contributed by atoms with Crippen molar-refractivity contribution in [2.75, 3.05) is 19.7 Å². The fraction of sp³-hybridized carbons (Fsp3) is 0.520. The highest BCUT2D eigenvalue weighted by Gasteiger charge is 2.25. The summed E-state index contributed by atoms with van der Waals surface area (Å²) in [5.41, 5.74) is 3.53. The number of hydrogen-bond acceptors (Lipinski definition) is 3. The van der Waals surface area contributed by atoms with Crippen LogP contribution in [0.25, 0.3) is 16.7 Å². The van der Waals surface area contributed by atoms with Crippen molar-refractivity contribution in [3.8, 4) is 11.1 Å².